The lowest BCUT2D eigenvalue weighted by Gasteiger charge is -2.27. The number of non-ortho nitro benzene ring substituents is 1. The SMILES string of the molecule is Cc1cc(NC[C@@]2(CCO)CCOC2)c2cc([N+](=O)[O-])ccc2n1. The number of ether oxygens (including phenoxy) is 1. The highest BCUT2D eigenvalue weighted by atomic mass is 16.6. The van der Waals surface area contributed by atoms with Gasteiger partial charge in [0.25, 0.3) is 5.69 Å². The second-order valence-corrected chi connectivity index (χ2v) is 6.40. The molecule has 24 heavy (non-hydrogen) atoms. The minimum Gasteiger partial charge on any atom is -0.396 e. The van der Waals surface area contributed by atoms with Gasteiger partial charge in [-0.2, -0.15) is 0 Å². The Morgan fingerprint density at radius 2 is 2.29 bits per heavy atom. The van der Waals surface area contributed by atoms with Crippen LogP contribution in [0, 0.1) is 22.5 Å². The van der Waals surface area contributed by atoms with Gasteiger partial charge in [0.1, 0.15) is 0 Å². The van der Waals surface area contributed by atoms with Crippen molar-refractivity contribution in [2.45, 2.75) is 19.8 Å². The third-order valence-electron chi connectivity index (χ3n) is 4.61. The highest BCUT2D eigenvalue weighted by molar-refractivity contribution is 5.93. The molecule has 0 spiro atoms. The Labute approximate surface area is 139 Å². The standard InChI is InChI=1S/C17H21N3O4/c1-12-8-16(18-10-17(4-6-21)5-7-24-11-17)14-9-13(20(22)23)2-3-15(14)19-12/h2-3,8-9,21H,4-7,10-11H2,1H3,(H,18,19)/t17-/m1/s1. The minimum atomic E-state index is -0.402. The number of hydrogen-bond donors (Lipinski definition) is 2. The normalized spacial score (nSPS) is 20.4. The van der Waals surface area contributed by atoms with Crippen LogP contribution in [0.5, 0.6) is 0 Å². The van der Waals surface area contributed by atoms with Crippen molar-refractivity contribution in [3.63, 3.8) is 0 Å². The van der Waals surface area contributed by atoms with Gasteiger partial charge in [0, 0.05) is 54.1 Å². The first kappa shape index (κ1) is 16.6. The van der Waals surface area contributed by atoms with Crippen molar-refractivity contribution in [2.24, 2.45) is 5.41 Å². The van der Waals surface area contributed by atoms with Crippen LogP contribution in [0.1, 0.15) is 18.5 Å². The predicted molar refractivity (Wildman–Crippen MR) is 91.2 cm³/mol. The molecule has 0 aliphatic carbocycles. The van der Waals surface area contributed by atoms with E-state index in [2.05, 4.69) is 10.3 Å². The first-order valence-electron chi connectivity index (χ1n) is 8.01. The first-order chi connectivity index (χ1) is 11.5. The van der Waals surface area contributed by atoms with Crippen LogP contribution < -0.4 is 5.32 Å². The van der Waals surface area contributed by atoms with Crippen molar-refractivity contribution < 1.29 is 14.8 Å². The number of fused-ring (bicyclic) bond motifs is 1. The van der Waals surface area contributed by atoms with E-state index in [0.29, 0.717) is 26.2 Å². The number of hydrogen-bond acceptors (Lipinski definition) is 6. The molecule has 128 valence electrons. The average Bonchev–Trinajstić information content (AvgIpc) is 3.01. The third-order valence-corrected chi connectivity index (χ3v) is 4.61. The van der Waals surface area contributed by atoms with Gasteiger partial charge in [0.2, 0.25) is 0 Å². The largest absolute Gasteiger partial charge is 0.396 e. The molecule has 1 atom stereocenters. The van der Waals surface area contributed by atoms with Gasteiger partial charge in [-0.15, -0.1) is 0 Å². The predicted octanol–water partition coefficient (Wildman–Crippen LogP) is 2.65. The van der Waals surface area contributed by atoms with E-state index in [1.54, 1.807) is 12.1 Å². The average molecular weight is 331 g/mol. The molecule has 0 unspecified atom stereocenters. The second kappa shape index (κ2) is 6.70. The Bertz CT molecular complexity index is 757. The number of pyridine rings is 1. The molecule has 2 heterocycles. The summed E-state index contributed by atoms with van der Waals surface area (Å²) in [5.74, 6) is 0. The number of aryl methyl sites for hydroxylation is 1. The molecule has 3 rings (SSSR count). The molecule has 1 aromatic carbocycles. The lowest BCUT2D eigenvalue weighted by Crippen LogP contribution is -2.31. The van der Waals surface area contributed by atoms with Crippen LogP contribution in [-0.4, -0.2) is 41.4 Å². The van der Waals surface area contributed by atoms with E-state index >= 15 is 0 Å². The summed E-state index contributed by atoms with van der Waals surface area (Å²) in [4.78, 5) is 15.1. The maximum absolute atomic E-state index is 11.0. The molecular weight excluding hydrogens is 310 g/mol. The minimum absolute atomic E-state index is 0.0467. The molecule has 0 amide bonds. The van der Waals surface area contributed by atoms with Crippen LogP contribution >= 0.6 is 0 Å². The number of nitro benzene ring substituents is 1. The first-order valence-corrected chi connectivity index (χ1v) is 8.01. The molecule has 7 heteroatoms. The molecule has 2 N–H and O–H groups in total. The Balaban J connectivity index is 1.92. The van der Waals surface area contributed by atoms with Gasteiger partial charge in [-0.05, 0) is 31.9 Å². The molecule has 2 aromatic rings. The Morgan fingerprint density at radius 1 is 1.46 bits per heavy atom. The molecule has 1 fully saturated rings. The van der Waals surface area contributed by atoms with E-state index in [0.717, 1.165) is 28.7 Å². The lowest BCUT2D eigenvalue weighted by atomic mass is 9.84. The summed E-state index contributed by atoms with van der Waals surface area (Å²) in [6.45, 7) is 3.97. The monoisotopic (exact) mass is 331 g/mol. The van der Waals surface area contributed by atoms with Crippen LogP contribution in [0.3, 0.4) is 0 Å². The number of nitro groups is 1. The van der Waals surface area contributed by atoms with Crippen LogP contribution in [0.2, 0.25) is 0 Å². The van der Waals surface area contributed by atoms with Crippen molar-refractivity contribution in [2.75, 3.05) is 31.7 Å². The zero-order valence-electron chi connectivity index (χ0n) is 13.6. The molecule has 7 nitrogen and oxygen atoms in total. The summed E-state index contributed by atoms with van der Waals surface area (Å²) < 4.78 is 5.51. The molecule has 0 radical (unpaired) electrons. The quantitative estimate of drug-likeness (QED) is 0.624. The maximum atomic E-state index is 11.0. The zero-order valence-corrected chi connectivity index (χ0v) is 13.6. The summed E-state index contributed by atoms with van der Waals surface area (Å²) in [5.41, 5.74) is 2.34. The Morgan fingerprint density at radius 3 is 2.96 bits per heavy atom. The van der Waals surface area contributed by atoms with E-state index in [1.807, 2.05) is 13.0 Å². The van der Waals surface area contributed by atoms with Crippen molar-refractivity contribution in [1.82, 2.24) is 4.98 Å². The van der Waals surface area contributed by atoms with Gasteiger partial charge in [0.15, 0.2) is 0 Å². The summed E-state index contributed by atoms with van der Waals surface area (Å²) in [5, 5.41) is 24.5. The van der Waals surface area contributed by atoms with E-state index < -0.39 is 4.92 Å². The second-order valence-electron chi connectivity index (χ2n) is 6.40. The van der Waals surface area contributed by atoms with E-state index in [-0.39, 0.29) is 17.7 Å². The summed E-state index contributed by atoms with van der Waals surface area (Å²) in [6.07, 6.45) is 1.56. The van der Waals surface area contributed by atoms with Crippen molar-refractivity contribution >= 4 is 22.3 Å². The van der Waals surface area contributed by atoms with Crippen LogP contribution in [-0.2, 0) is 4.74 Å². The van der Waals surface area contributed by atoms with Gasteiger partial charge < -0.3 is 15.2 Å². The van der Waals surface area contributed by atoms with Gasteiger partial charge in [0.05, 0.1) is 17.0 Å². The summed E-state index contributed by atoms with van der Waals surface area (Å²) in [6, 6.07) is 6.59. The van der Waals surface area contributed by atoms with Crippen molar-refractivity contribution in [3.05, 3.63) is 40.1 Å². The highest BCUT2D eigenvalue weighted by Gasteiger charge is 2.34. The Kier molecular flexibility index (Phi) is 4.64. The highest BCUT2D eigenvalue weighted by Crippen LogP contribution is 2.34. The molecule has 1 saturated heterocycles. The van der Waals surface area contributed by atoms with Crippen LogP contribution in [0.25, 0.3) is 10.9 Å². The van der Waals surface area contributed by atoms with E-state index in [4.69, 9.17) is 4.74 Å². The zero-order chi connectivity index (χ0) is 17.2. The number of aliphatic hydroxyl groups excluding tert-OH is 1. The number of nitrogens with one attached hydrogen (secondary N) is 1. The van der Waals surface area contributed by atoms with Crippen LogP contribution in [0.15, 0.2) is 24.3 Å². The lowest BCUT2D eigenvalue weighted by molar-refractivity contribution is -0.384. The fraction of sp³-hybridized carbons (Fsp3) is 0.471. The number of nitrogens with zero attached hydrogens (tertiary/aromatic N) is 2. The smallest absolute Gasteiger partial charge is 0.270 e. The van der Waals surface area contributed by atoms with Gasteiger partial charge in [-0.1, -0.05) is 0 Å². The fourth-order valence-electron chi connectivity index (χ4n) is 3.20. The number of aromatic nitrogens is 1. The van der Waals surface area contributed by atoms with E-state index in [1.165, 1.54) is 6.07 Å². The molecular formula is C17H21N3O4. The molecule has 0 bridgehead atoms. The maximum Gasteiger partial charge on any atom is 0.270 e. The van der Waals surface area contributed by atoms with Gasteiger partial charge in [-0.3, -0.25) is 15.1 Å². The fourth-order valence-corrected chi connectivity index (χ4v) is 3.20. The third kappa shape index (κ3) is 3.32. The van der Waals surface area contributed by atoms with Gasteiger partial charge in [-0.25, -0.2) is 0 Å². The Hall–Kier alpha value is -2.25. The molecule has 1 aliphatic heterocycles. The van der Waals surface area contributed by atoms with Crippen LogP contribution in [0.4, 0.5) is 11.4 Å². The summed E-state index contributed by atoms with van der Waals surface area (Å²) in [7, 11) is 0. The number of benzene rings is 1. The number of aliphatic hydroxyl groups is 1. The number of anilines is 1. The molecule has 1 aliphatic rings. The summed E-state index contributed by atoms with van der Waals surface area (Å²) >= 11 is 0. The van der Waals surface area contributed by atoms with Crippen molar-refractivity contribution in [1.29, 1.82) is 0 Å². The molecule has 0 saturated carbocycles. The topological polar surface area (TPSA) is 97.5 Å². The van der Waals surface area contributed by atoms with Gasteiger partial charge >= 0.3 is 0 Å². The number of rotatable bonds is 6. The van der Waals surface area contributed by atoms with E-state index in [9.17, 15) is 15.2 Å². The van der Waals surface area contributed by atoms with Crippen molar-refractivity contribution in [3.8, 4) is 0 Å². The molecule has 1 aromatic heterocycles.